The van der Waals surface area contributed by atoms with Gasteiger partial charge in [0, 0.05) is 24.9 Å². The molecule has 0 unspecified atom stereocenters. The molecule has 0 aliphatic heterocycles. The first-order chi connectivity index (χ1) is 8.97. The van der Waals surface area contributed by atoms with E-state index in [1.54, 1.807) is 33.2 Å². The molecule has 0 aliphatic carbocycles. The lowest BCUT2D eigenvalue weighted by atomic mass is 10.1. The second-order valence-electron chi connectivity index (χ2n) is 4.39. The van der Waals surface area contributed by atoms with Gasteiger partial charge in [-0.05, 0) is 19.9 Å². The van der Waals surface area contributed by atoms with Crippen LogP contribution in [0.2, 0.25) is 0 Å². The van der Waals surface area contributed by atoms with Gasteiger partial charge in [0.1, 0.15) is 5.76 Å². The van der Waals surface area contributed by atoms with E-state index in [1.165, 1.54) is 10.6 Å². The molecule has 0 atom stereocenters. The van der Waals surface area contributed by atoms with Crippen molar-refractivity contribution in [2.45, 2.75) is 20.3 Å². The first-order valence-corrected chi connectivity index (χ1v) is 5.85. The fourth-order valence-electron chi connectivity index (χ4n) is 1.79. The lowest BCUT2D eigenvalue weighted by molar-refractivity contribution is -0.115. The number of amides is 1. The van der Waals surface area contributed by atoms with E-state index in [0.717, 1.165) is 5.56 Å². The summed E-state index contributed by atoms with van der Waals surface area (Å²) in [6, 6.07) is 2.99. The van der Waals surface area contributed by atoms with Gasteiger partial charge < -0.3 is 14.4 Å². The van der Waals surface area contributed by atoms with Gasteiger partial charge >= 0.3 is 0 Å². The molecule has 19 heavy (non-hydrogen) atoms. The Morgan fingerprint density at radius 2 is 2.16 bits per heavy atom. The van der Waals surface area contributed by atoms with Crippen molar-refractivity contribution in [1.82, 2.24) is 9.72 Å². The number of carbonyl (C=O) groups is 1. The van der Waals surface area contributed by atoms with Crippen molar-refractivity contribution in [2.75, 3.05) is 5.32 Å². The van der Waals surface area contributed by atoms with Crippen LogP contribution in [-0.4, -0.2) is 15.6 Å². The van der Waals surface area contributed by atoms with E-state index in [2.05, 4.69) is 10.5 Å². The zero-order valence-electron chi connectivity index (χ0n) is 11.1. The molecule has 0 saturated carbocycles. The van der Waals surface area contributed by atoms with Gasteiger partial charge in [0.05, 0.1) is 17.8 Å². The molecule has 1 N–H and O–H groups in total. The quantitative estimate of drug-likeness (QED) is 0.899. The van der Waals surface area contributed by atoms with Crippen molar-refractivity contribution in [3.05, 3.63) is 45.7 Å². The molecule has 6 nitrogen and oxygen atoms in total. The number of pyridine rings is 1. The van der Waals surface area contributed by atoms with Crippen LogP contribution < -0.4 is 10.9 Å². The third-order valence-corrected chi connectivity index (χ3v) is 2.89. The molecular formula is C13H15N3O3. The van der Waals surface area contributed by atoms with Crippen LogP contribution >= 0.6 is 0 Å². The van der Waals surface area contributed by atoms with E-state index >= 15 is 0 Å². The van der Waals surface area contributed by atoms with Crippen LogP contribution in [0, 0.1) is 13.8 Å². The third kappa shape index (κ3) is 2.90. The zero-order chi connectivity index (χ0) is 14.0. The minimum atomic E-state index is -0.173. The van der Waals surface area contributed by atoms with E-state index in [9.17, 15) is 9.59 Å². The highest BCUT2D eigenvalue weighted by Gasteiger charge is 2.13. The summed E-state index contributed by atoms with van der Waals surface area (Å²) in [6.07, 6.45) is 1.78. The molecule has 0 saturated heterocycles. The molecule has 2 rings (SSSR count). The standard InChI is InChI=1S/C13H15N3O3/c1-8-11(9(2)19-15-8)6-12(17)14-10-4-5-13(18)16(3)7-10/h4-5,7H,6H2,1-3H3,(H,14,17). The van der Waals surface area contributed by atoms with Gasteiger partial charge in [-0.3, -0.25) is 9.59 Å². The van der Waals surface area contributed by atoms with Crippen molar-refractivity contribution >= 4 is 11.6 Å². The molecule has 6 heteroatoms. The maximum atomic E-state index is 11.9. The number of nitrogens with one attached hydrogen (secondary N) is 1. The highest BCUT2D eigenvalue weighted by atomic mass is 16.5. The molecule has 2 heterocycles. The molecule has 0 aliphatic rings. The van der Waals surface area contributed by atoms with Gasteiger partial charge in [0.15, 0.2) is 0 Å². The molecule has 0 spiro atoms. The van der Waals surface area contributed by atoms with Gasteiger partial charge in [0.25, 0.3) is 0 Å². The number of hydrogen-bond acceptors (Lipinski definition) is 4. The number of hydrogen-bond donors (Lipinski definition) is 1. The highest BCUT2D eigenvalue weighted by molar-refractivity contribution is 5.92. The molecule has 0 bridgehead atoms. The fraction of sp³-hybridized carbons (Fsp3) is 0.308. The van der Waals surface area contributed by atoms with E-state index in [-0.39, 0.29) is 17.9 Å². The average molecular weight is 261 g/mol. The monoisotopic (exact) mass is 261 g/mol. The van der Waals surface area contributed by atoms with E-state index < -0.39 is 0 Å². The zero-order valence-corrected chi connectivity index (χ0v) is 11.1. The lowest BCUT2D eigenvalue weighted by Gasteiger charge is -2.06. The van der Waals surface area contributed by atoms with Crippen molar-refractivity contribution in [2.24, 2.45) is 7.05 Å². The SMILES string of the molecule is Cc1noc(C)c1CC(=O)Nc1ccc(=O)n(C)c1. The predicted molar refractivity (Wildman–Crippen MR) is 70.0 cm³/mol. The Labute approximate surface area is 110 Å². The third-order valence-electron chi connectivity index (χ3n) is 2.89. The molecule has 100 valence electrons. The number of nitrogens with zero attached hydrogens (tertiary/aromatic N) is 2. The molecule has 0 aromatic carbocycles. The average Bonchev–Trinajstić information content (AvgIpc) is 2.66. The highest BCUT2D eigenvalue weighted by Crippen LogP contribution is 2.13. The van der Waals surface area contributed by atoms with Crippen LogP contribution in [0.15, 0.2) is 27.6 Å². The van der Waals surface area contributed by atoms with Crippen LogP contribution in [0.1, 0.15) is 17.0 Å². The largest absolute Gasteiger partial charge is 0.361 e. The second kappa shape index (κ2) is 5.09. The fourth-order valence-corrected chi connectivity index (χ4v) is 1.79. The maximum Gasteiger partial charge on any atom is 0.250 e. The Morgan fingerprint density at radius 1 is 1.42 bits per heavy atom. The first-order valence-electron chi connectivity index (χ1n) is 5.85. The Balaban J connectivity index is 2.09. The van der Waals surface area contributed by atoms with Crippen LogP contribution in [0.3, 0.4) is 0 Å². The summed E-state index contributed by atoms with van der Waals surface area (Å²) < 4.78 is 6.41. The summed E-state index contributed by atoms with van der Waals surface area (Å²) in [6.45, 7) is 3.57. The Kier molecular flexibility index (Phi) is 3.50. The lowest BCUT2D eigenvalue weighted by Crippen LogP contribution is -2.19. The molecule has 2 aromatic heterocycles. The summed E-state index contributed by atoms with van der Waals surface area (Å²) >= 11 is 0. The maximum absolute atomic E-state index is 11.9. The van der Waals surface area contributed by atoms with Crippen LogP contribution in [0.4, 0.5) is 5.69 Å². The minimum Gasteiger partial charge on any atom is -0.361 e. The number of aromatic nitrogens is 2. The normalized spacial score (nSPS) is 10.5. The molecule has 0 fully saturated rings. The molecule has 2 aromatic rings. The van der Waals surface area contributed by atoms with E-state index in [4.69, 9.17) is 4.52 Å². The smallest absolute Gasteiger partial charge is 0.250 e. The van der Waals surface area contributed by atoms with Crippen molar-refractivity contribution in [3.8, 4) is 0 Å². The molecular weight excluding hydrogens is 246 g/mol. The van der Waals surface area contributed by atoms with E-state index in [0.29, 0.717) is 17.1 Å². The molecule has 0 radical (unpaired) electrons. The summed E-state index contributed by atoms with van der Waals surface area (Å²) in [7, 11) is 1.63. The van der Waals surface area contributed by atoms with Crippen LogP contribution in [0.5, 0.6) is 0 Å². The number of rotatable bonds is 3. The van der Waals surface area contributed by atoms with Gasteiger partial charge in [0.2, 0.25) is 11.5 Å². The summed E-state index contributed by atoms with van der Waals surface area (Å²) in [5.74, 6) is 0.473. The van der Waals surface area contributed by atoms with Gasteiger partial charge in [-0.2, -0.15) is 0 Å². The number of carbonyl (C=O) groups excluding carboxylic acids is 1. The van der Waals surface area contributed by atoms with Crippen LogP contribution in [-0.2, 0) is 18.3 Å². The predicted octanol–water partition coefficient (Wildman–Crippen LogP) is 1.17. The summed E-state index contributed by atoms with van der Waals surface area (Å²) in [4.78, 5) is 23.1. The summed E-state index contributed by atoms with van der Waals surface area (Å²) in [5.41, 5.74) is 1.97. The van der Waals surface area contributed by atoms with Gasteiger partial charge in [-0.15, -0.1) is 0 Å². The van der Waals surface area contributed by atoms with Crippen molar-refractivity contribution in [3.63, 3.8) is 0 Å². The van der Waals surface area contributed by atoms with Gasteiger partial charge in [-0.1, -0.05) is 5.16 Å². The second-order valence-corrected chi connectivity index (χ2v) is 4.39. The first kappa shape index (κ1) is 13.1. The summed E-state index contributed by atoms with van der Waals surface area (Å²) in [5, 5.41) is 6.54. The van der Waals surface area contributed by atoms with Crippen molar-refractivity contribution < 1.29 is 9.32 Å². The Morgan fingerprint density at radius 3 is 2.74 bits per heavy atom. The number of aryl methyl sites for hydroxylation is 3. The Bertz CT molecular complexity index is 651. The van der Waals surface area contributed by atoms with Gasteiger partial charge in [-0.25, -0.2) is 0 Å². The van der Waals surface area contributed by atoms with E-state index in [1.807, 2.05) is 0 Å². The topological polar surface area (TPSA) is 77.1 Å². The molecule has 1 amide bonds. The number of anilines is 1. The Hall–Kier alpha value is -2.37. The van der Waals surface area contributed by atoms with Crippen LogP contribution in [0.25, 0.3) is 0 Å². The minimum absolute atomic E-state index is 0.122. The van der Waals surface area contributed by atoms with Crippen molar-refractivity contribution in [1.29, 1.82) is 0 Å².